The molecule has 2 aliphatic rings. The number of hydrogen-bond acceptors (Lipinski definition) is 3. The highest BCUT2D eigenvalue weighted by molar-refractivity contribution is 5.66. The van der Waals surface area contributed by atoms with E-state index in [1.807, 2.05) is 6.08 Å². The number of rotatable bonds is 12. The maximum atomic E-state index is 10.7. The Kier molecular flexibility index (Phi) is 9.97. The quantitative estimate of drug-likeness (QED) is 0.350. The van der Waals surface area contributed by atoms with E-state index < -0.39 is 5.97 Å². The Hall–Kier alpha value is -2.43. The van der Waals surface area contributed by atoms with Gasteiger partial charge in [0.25, 0.3) is 0 Å². The standard InChI is InChI=1S/C31H41NO3/c33-31(34)14-8-2-1-7-13-28-29(32-21-9-4-10-22-32)19-20-30(28)35-24-27-17-15-26(16-18-27)23-25-11-5-3-6-12-25/h1-3,5-6,11-12,15-18,28-30H,4,7-10,13-14,19-24H2,(H,33,34)/t28-,29+,30+/m1/s1. The van der Waals surface area contributed by atoms with Gasteiger partial charge < -0.3 is 14.7 Å². The summed E-state index contributed by atoms with van der Waals surface area (Å²) in [5.74, 6) is -0.174. The maximum Gasteiger partial charge on any atom is 0.303 e. The smallest absolute Gasteiger partial charge is 0.303 e. The minimum absolute atomic E-state index is 0.214. The van der Waals surface area contributed by atoms with Gasteiger partial charge in [0, 0.05) is 18.4 Å². The first-order valence-electron chi connectivity index (χ1n) is 13.5. The number of hydrogen-bond donors (Lipinski definition) is 1. The Morgan fingerprint density at radius 3 is 2.31 bits per heavy atom. The van der Waals surface area contributed by atoms with Crippen LogP contribution in [0.25, 0.3) is 0 Å². The van der Waals surface area contributed by atoms with Crippen LogP contribution in [0.1, 0.15) is 74.5 Å². The monoisotopic (exact) mass is 475 g/mol. The molecule has 1 aliphatic carbocycles. The van der Waals surface area contributed by atoms with Crippen molar-refractivity contribution in [1.29, 1.82) is 0 Å². The molecule has 1 saturated carbocycles. The number of nitrogens with zero attached hydrogens (tertiary/aromatic N) is 1. The molecule has 1 saturated heterocycles. The Labute approximate surface area is 211 Å². The molecule has 4 rings (SSSR count). The summed E-state index contributed by atoms with van der Waals surface area (Å²) in [6.07, 6.45) is 14.8. The molecule has 2 fully saturated rings. The van der Waals surface area contributed by atoms with Gasteiger partial charge in [0.2, 0.25) is 0 Å². The van der Waals surface area contributed by atoms with E-state index in [2.05, 4.69) is 65.6 Å². The van der Waals surface area contributed by atoms with Crippen molar-refractivity contribution < 1.29 is 14.6 Å². The zero-order chi connectivity index (χ0) is 24.3. The van der Waals surface area contributed by atoms with E-state index in [0.717, 1.165) is 25.7 Å². The first-order chi connectivity index (χ1) is 17.2. The Morgan fingerprint density at radius 2 is 1.57 bits per heavy atom. The third-order valence-corrected chi connectivity index (χ3v) is 7.67. The van der Waals surface area contributed by atoms with Crippen LogP contribution >= 0.6 is 0 Å². The number of allylic oxidation sites excluding steroid dienone is 2. The van der Waals surface area contributed by atoms with E-state index in [0.29, 0.717) is 31.1 Å². The summed E-state index contributed by atoms with van der Waals surface area (Å²) in [7, 11) is 0. The number of likely N-dealkylation sites (tertiary alicyclic amines) is 1. The van der Waals surface area contributed by atoms with Crippen molar-refractivity contribution in [1.82, 2.24) is 4.90 Å². The third kappa shape index (κ3) is 8.05. The molecule has 0 aromatic heterocycles. The first kappa shape index (κ1) is 25.7. The number of carboxylic acids is 1. The average Bonchev–Trinajstić information content (AvgIpc) is 3.29. The molecule has 1 N–H and O–H groups in total. The number of piperidine rings is 1. The lowest BCUT2D eigenvalue weighted by Gasteiger charge is -2.37. The first-order valence-corrected chi connectivity index (χ1v) is 13.5. The summed E-state index contributed by atoms with van der Waals surface area (Å²) in [6, 6.07) is 20.1. The van der Waals surface area contributed by atoms with Crippen molar-refractivity contribution in [3.63, 3.8) is 0 Å². The molecule has 1 aliphatic heterocycles. The van der Waals surface area contributed by atoms with Gasteiger partial charge in [-0.15, -0.1) is 0 Å². The van der Waals surface area contributed by atoms with Crippen LogP contribution < -0.4 is 0 Å². The highest BCUT2D eigenvalue weighted by atomic mass is 16.5. The lowest BCUT2D eigenvalue weighted by molar-refractivity contribution is -0.136. The fourth-order valence-corrected chi connectivity index (χ4v) is 5.82. The van der Waals surface area contributed by atoms with Gasteiger partial charge in [0.05, 0.1) is 12.7 Å². The number of ether oxygens (including phenoxy) is 1. The Bertz CT molecular complexity index is 918. The van der Waals surface area contributed by atoms with Crippen LogP contribution in [-0.2, 0) is 22.6 Å². The molecule has 4 heteroatoms. The predicted octanol–water partition coefficient (Wildman–Crippen LogP) is 6.63. The zero-order valence-corrected chi connectivity index (χ0v) is 21.0. The van der Waals surface area contributed by atoms with Crippen LogP contribution in [0.5, 0.6) is 0 Å². The van der Waals surface area contributed by atoms with E-state index in [4.69, 9.17) is 9.84 Å². The summed E-state index contributed by atoms with van der Waals surface area (Å²) in [6.45, 7) is 3.13. The van der Waals surface area contributed by atoms with Crippen molar-refractivity contribution in [3.8, 4) is 0 Å². The summed E-state index contributed by atoms with van der Waals surface area (Å²) in [5.41, 5.74) is 3.92. The molecule has 0 bridgehead atoms. The van der Waals surface area contributed by atoms with Crippen molar-refractivity contribution >= 4 is 5.97 Å². The zero-order valence-electron chi connectivity index (χ0n) is 21.0. The molecular formula is C31H41NO3. The molecule has 2 aromatic carbocycles. The Balaban J connectivity index is 1.31. The predicted molar refractivity (Wildman–Crippen MR) is 141 cm³/mol. The Morgan fingerprint density at radius 1 is 0.886 bits per heavy atom. The molecule has 0 spiro atoms. The van der Waals surface area contributed by atoms with E-state index >= 15 is 0 Å². The van der Waals surface area contributed by atoms with Gasteiger partial charge in [-0.1, -0.05) is 73.2 Å². The molecule has 2 aromatic rings. The molecule has 35 heavy (non-hydrogen) atoms. The molecular weight excluding hydrogens is 434 g/mol. The van der Waals surface area contributed by atoms with Crippen LogP contribution in [0.4, 0.5) is 0 Å². The summed E-state index contributed by atoms with van der Waals surface area (Å²) in [4.78, 5) is 13.5. The van der Waals surface area contributed by atoms with Crippen LogP contribution in [0, 0.1) is 5.92 Å². The second-order valence-electron chi connectivity index (χ2n) is 10.2. The molecule has 0 radical (unpaired) electrons. The highest BCUT2D eigenvalue weighted by Gasteiger charge is 2.39. The van der Waals surface area contributed by atoms with Crippen LogP contribution in [0.3, 0.4) is 0 Å². The van der Waals surface area contributed by atoms with Gasteiger partial charge >= 0.3 is 5.97 Å². The molecule has 1 heterocycles. The van der Waals surface area contributed by atoms with Crippen LogP contribution in [0.15, 0.2) is 66.7 Å². The number of carboxylic acid groups (broad SMARTS) is 1. The third-order valence-electron chi connectivity index (χ3n) is 7.67. The fraction of sp³-hybridized carbons (Fsp3) is 0.516. The van der Waals surface area contributed by atoms with Crippen molar-refractivity contribution in [3.05, 3.63) is 83.4 Å². The normalized spacial score (nSPS) is 23.1. The number of benzene rings is 2. The van der Waals surface area contributed by atoms with Crippen molar-refractivity contribution in [2.75, 3.05) is 13.1 Å². The SMILES string of the molecule is O=C(O)CCC=CCC[C@H]1[C@@H](OCc2ccc(Cc3ccccc3)cc2)CC[C@@H]1N1CCCCC1. The topological polar surface area (TPSA) is 49.8 Å². The lowest BCUT2D eigenvalue weighted by atomic mass is 9.93. The second-order valence-corrected chi connectivity index (χ2v) is 10.2. The fourth-order valence-electron chi connectivity index (χ4n) is 5.82. The van der Waals surface area contributed by atoms with Gasteiger partial charge in [0.1, 0.15) is 0 Å². The minimum Gasteiger partial charge on any atom is -0.481 e. The van der Waals surface area contributed by atoms with Crippen LogP contribution in [0.2, 0.25) is 0 Å². The van der Waals surface area contributed by atoms with Gasteiger partial charge in [0.15, 0.2) is 0 Å². The molecule has 3 atom stereocenters. The molecule has 0 unspecified atom stereocenters. The van der Waals surface area contributed by atoms with Gasteiger partial charge in [-0.2, -0.15) is 0 Å². The lowest BCUT2D eigenvalue weighted by Crippen LogP contribution is -2.43. The molecule has 0 amide bonds. The van der Waals surface area contributed by atoms with E-state index in [9.17, 15) is 4.79 Å². The van der Waals surface area contributed by atoms with Gasteiger partial charge in [-0.25, -0.2) is 0 Å². The molecule has 4 nitrogen and oxygen atoms in total. The minimum atomic E-state index is -0.725. The van der Waals surface area contributed by atoms with E-state index in [-0.39, 0.29) is 6.42 Å². The number of carbonyl (C=O) groups is 1. The highest BCUT2D eigenvalue weighted by Crippen LogP contribution is 2.37. The second kappa shape index (κ2) is 13.6. The largest absolute Gasteiger partial charge is 0.481 e. The maximum absolute atomic E-state index is 10.7. The van der Waals surface area contributed by atoms with E-state index in [1.54, 1.807) is 0 Å². The van der Waals surface area contributed by atoms with Crippen LogP contribution in [-0.4, -0.2) is 41.2 Å². The van der Waals surface area contributed by atoms with Gasteiger partial charge in [-0.05, 0) is 81.1 Å². The summed E-state index contributed by atoms with van der Waals surface area (Å²) in [5, 5.41) is 8.83. The van der Waals surface area contributed by atoms with Crippen molar-refractivity contribution in [2.45, 2.75) is 83.0 Å². The number of aliphatic carboxylic acids is 1. The van der Waals surface area contributed by atoms with Crippen molar-refractivity contribution in [2.24, 2.45) is 5.92 Å². The molecule has 188 valence electrons. The summed E-state index contributed by atoms with van der Waals surface area (Å²) < 4.78 is 6.56. The summed E-state index contributed by atoms with van der Waals surface area (Å²) >= 11 is 0. The van der Waals surface area contributed by atoms with Gasteiger partial charge in [-0.3, -0.25) is 4.79 Å². The average molecular weight is 476 g/mol. The van der Waals surface area contributed by atoms with E-state index in [1.165, 1.54) is 55.5 Å².